The van der Waals surface area contributed by atoms with Gasteiger partial charge < -0.3 is 10.2 Å². The van der Waals surface area contributed by atoms with Gasteiger partial charge in [-0.15, -0.1) is 0 Å². The summed E-state index contributed by atoms with van der Waals surface area (Å²) >= 11 is 0. The Balaban J connectivity index is 2.04. The van der Waals surface area contributed by atoms with Gasteiger partial charge in [-0.05, 0) is 26.2 Å². The zero-order chi connectivity index (χ0) is 10.3. The van der Waals surface area contributed by atoms with Gasteiger partial charge in [0.25, 0.3) is 0 Å². The molecule has 3 heteroatoms. The third-order valence-electron chi connectivity index (χ3n) is 3.49. The van der Waals surface area contributed by atoms with Gasteiger partial charge in [-0.25, -0.2) is 0 Å². The zero-order valence-corrected chi connectivity index (χ0v) is 9.34. The second-order valence-electron chi connectivity index (χ2n) is 5.30. The largest absolute Gasteiger partial charge is 0.335 e. The van der Waals surface area contributed by atoms with Crippen molar-refractivity contribution in [1.29, 1.82) is 0 Å². The second kappa shape index (κ2) is 3.23. The number of carbonyl (C=O) groups is 1. The van der Waals surface area contributed by atoms with Crippen LogP contribution >= 0.6 is 0 Å². The summed E-state index contributed by atoms with van der Waals surface area (Å²) in [5, 5.41) is 3.34. The predicted molar refractivity (Wildman–Crippen MR) is 55.9 cm³/mol. The van der Waals surface area contributed by atoms with Crippen LogP contribution in [0.3, 0.4) is 0 Å². The fraction of sp³-hybridized carbons (Fsp3) is 0.909. The Bertz CT molecular complexity index is 250. The Hall–Kier alpha value is -0.570. The molecule has 1 saturated heterocycles. The van der Waals surface area contributed by atoms with Crippen LogP contribution in [0.4, 0.5) is 0 Å². The van der Waals surface area contributed by atoms with E-state index in [1.807, 2.05) is 0 Å². The Labute approximate surface area is 85.8 Å². The lowest BCUT2D eigenvalue weighted by Crippen LogP contribution is -2.60. The van der Waals surface area contributed by atoms with Crippen LogP contribution in [0.25, 0.3) is 0 Å². The van der Waals surface area contributed by atoms with Crippen LogP contribution in [0.5, 0.6) is 0 Å². The van der Waals surface area contributed by atoms with E-state index in [2.05, 4.69) is 31.0 Å². The molecule has 0 aromatic carbocycles. The Kier molecular flexibility index (Phi) is 2.30. The minimum absolute atomic E-state index is 0.00234. The summed E-state index contributed by atoms with van der Waals surface area (Å²) in [6, 6.07) is 0. The number of nitrogens with zero attached hydrogens (tertiary/aromatic N) is 1. The van der Waals surface area contributed by atoms with Gasteiger partial charge in [0.1, 0.15) is 0 Å². The van der Waals surface area contributed by atoms with E-state index in [0.29, 0.717) is 17.7 Å². The minimum atomic E-state index is -0.00234. The van der Waals surface area contributed by atoms with Crippen molar-refractivity contribution in [3.8, 4) is 0 Å². The number of nitrogens with one attached hydrogen (secondary N) is 1. The van der Waals surface area contributed by atoms with Gasteiger partial charge in [-0.1, -0.05) is 6.92 Å². The molecule has 2 rings (SSSR count). The van der Waals surface area contributed by atoms with Gasteiger partial charge in [0.15, 0.2) is 0 Å². The first-order valence-electron chi connectivity index (χ1n) is 5.54. The van der Waals surface area contributed by atoms with E-state index in [4.69, 9.17) is 0 Å². The van der Waals surface area contributed by atoms with Gasteiger partial charge >= 0.3 is 0 Å². The monoisotopic (exact) mass is 196 g/mol. The van der Waals surface area contributed by atoms with Crippen LogP contribution in [-0.2, 0) is 4.79 Å². The first-order valence-corrected chi connectivity index (χ1v) is 5.54. The molecule has 2 aliphatic rings. The van der Waals surface area contributed by atoms with E-state index >= 15 is 0 Å². The maximum absolute atomic E-state index is 12.1. The van der Waals surface area contributed by atoms with Gasteiger partial charge in [-0.3, -0.25) is 4.79 Å². The van der Waals surface area contributed by atoms with Crippen molar-refractivity contribution in [2.24, 2.45) is 11.8 Å². The highest BCUT2D eigenvalue weighted by Gasteiger charge is 2.45. The molecule has 3 nitrogen and oxygen atoms in total. The molecular weight excluding hydrogens is 176 g/mol. The number of hydrogen-bond donors (Lipinski definition) is 1. The topological polar surface area (TPSA) is 32.3 Å². The molecule has 1 heterocycles. The molecule has 0 radical (unpaired) electrons. The van der Waals surface area contributed by atoms with Crippen molar-refractivity contribution in [2.75, 3.05) is 19.6 Å². The van der Waals surface area contributed by atoms with E-state index in [-0.39, 0.29) is 5.54 Å². The van der Waals surface area contributed by atoms with Crippen LogP contribution < -0.4 is 5.32 Å². The summed E-state index contributed by atoms with van der Waals surface area (Å²) in [4.78, 5) is 14.2. The van der Waals surface area contributed by atoms with Crippen molar-refractivity contribution in [1.82, 2.24) is 10.2 Å². The van der Waals surface area contributed by atoms with Crippen LogP contribution in [0.15, 0.2) is 0 Å². The molecule has 2 fully saturated rings. The van der Waals surface area contributed by atoms with Crippen molar-refractivity contribution in [2.45, 2.75) is 32.7 Å². The van der Waals surface area contributed by atoms with E-state index in [9.17, 15) is 4.79 Å². The van der Waals surface area contributed by atoms with Gasteiger partial charge in [0.05, 0.1) is 0 Å². The number of piperazine rings is 1. The number of hydrogen-bond acceptors (Lipinski definition) is 2. The van der Waals surface area contributed by atoms with Crippen LogP contribution in [0.1, 0.15) is 27.2 Å². The lowest BCUT2D eigenvalue weighted by atomic mass is 9.99. The molecule has 0 aromatic rings. The van der Waals surface area contributed by atoms with Gasteiger partial charge in [0, 0.05) is 31.1 Å². The average Bonchev–Trinajstić information content (AvgIpc) is 2.81. The summed E-state index contributed by atoms with van der Waals surface area (Å²) in [5.74, 6) is 1.32. The van der Waals surface area contributed by atoms with Crippen molar-refractivity contribution in [3.63, 3.8) is 0 Å². The lowest BCUT2D eigenvalue weighted by molar-refractivity contribution is -0.139. The standard InChI is InChI=1S/C11H20N2O/c1-8-6-9(8)10(14)13-5-4-12-7-11(13,2)3/h8-9,12H,4-7H2,1-3H3. The highest BCUT2D eigenvalue weighted by molar-refractivity contribution is 5.82. The number of carbonyl (C=O) groups excluding carboxylic acids is 1. The minimum Gasteiger partial charge on any atom is -0.335 e. The molecule has 14 heavy (non-hydrogen) atoms. The van der Waals surface area contributed by atoms with Gasteiger partial charge in [-0.2, -0.15) is 0 Å². The highest BCUT2D eigenvalue weighted by atomic mass is 16.2. The Morgan fingerprint density at radius 1 is 1.50 bits per heavy atom. The zero-order valence-electron chi connectivity index (χ0n) is 9.34. The molecule has 0 aromatic heterocycles. The molecule has 1 N–H and O–H groups in total. The molecule has 1 saturated carbocycles. The molecule has 0 bridgehead atoms. The molecule has 80 valence electrons. The number of amides is 1. The normalized spacial score (nSPS) is 35.5. The maximum atomic E-state index is 12.1. The molecule has 2 atom stereocenters. The van der Waals surface area contributed by atoms with E-state index in [0.717, 1.165) is 26.1 Å². The highest BCUT2D eigenvalue weighted by Crippen LogP contribution is 2.40. The van der Waals surface area contributed by atoms with E-state index in [1.165, 1.54) is 0 Å². The molecule has 1 amide bonds. The van der Waals surface area contributed by atoms with Crippen molar-refractivity contribution >= 4 is 5.91 Å². The first-order chi connectivity index (χ1) is 6.52. The molecule has 1 aliphatic carbocycles. The average molecular weight is 196 g/mol. The molecule has 0 spiro atoms. The van der Waals surface area contributed by atoms with Crippen LogP contribution in [0, 0.1) is 11.8 Å². The van der Waals surface area contributed by atoms with Crippen molar-refractivity contribution in [3.05, 3.63) is 0 Å². The van der Waals surface area contributed by atoms with E-state index in [1.54, 1.807) is 0 Å². The third kappa shape index (κ3) is 1.65. The predicted octanol–water partition coefficient (Wildman–Crippen LogP) is 0.853. The fourth-order valence-corrected chi connectivity index (χ4v) is 2.26. The summed E-state index contributed by atoms with van der Waals surface area (Å²) in [7, 11) is 0. The lowest BCUT2D eigenvalue weighted by Gasteiger charge is -2.43. The SMILES string of the molecule is CC1CC1C(=O)N1CCNCC1(C)C. The maximum Gasteiger partial charge on any atom is 0.226 e. The number of rotatable bonds is 1. The third-order valence-corrected chi connectivity index (χ3v) is 3.49. The Morgan fingerprint density at radius 3 is 2.64 bits per heavy atom. The Morgan fingerprint density at radius 2 is 2.14 bits per heavy atom. The smallest absolute Gasteiger partial charge is 0.226 e. The first kappa shape index (κ1) is 9.97. The summed E-state index contributed by atoms with van der Waals surface area (Å²) in [6.45, 7) is 9.18. The van der Waals surface area contributed by atoms with Gasteiger partial charge in [0.2, 0.25) is 5.91 Å². The van der Waals surface area contributed by atoms with E-state index < -0.39 is 0 Å². The summed E-state index contributed by atoms with van der Waals surface area (Å²) < 4.78 is 0. The fourth-order valence-electron chi connectivity index (χ4n) is 2.26. The molecular formula is C11H20N2O. The summed E-state index contributed by atoms with van der Waals surface area (Å²) in [5.41, 5.74) is -0.00234. The van der Waals surface area contributed by atoms with Crippen LogP contribution in [-0.4, -0.2) is 36.0 Å². The van der Waals surface area contributed by atoms with Crippen molar-refractivity contribution < 1.29 is 4.79 Å². The molecule has 2 unspecified atom stereocenters. The quantitative estimate of drug-likeness (QED) is 0.674. The van der Waals surface area contributed by atoms with Crippen LogP contribution in [0.2, 0.25) is 0 Å². The summed E-state index contributed by atoms with van der Waals surface area (Å²) in [6.07, 6.45) is 1.10. The second-order valence-corrected chi connectivity index (χ2v) is 5.30. The molecule has 1 aliphatic heterocycles.